The molecule has 94 valence electrons. The molecule has 0 bridgehead atoms. The molecule has 0 heterocycles. The zero-order valence-electron chi connectivity index (χ0n) is 10.3. The molecule has 0 aliphatic heterocycles. The summed E-state index contributed by atoms with van der Waals surface area (Å²) < 4.78 is 5.44. The molecule has 2 N–H and O–H groups in total. The molecule has 0 spiro atoms. The molecular weight excluding hydrogens is 218 g/mol. The number of aliphatic hydroxyl groups is 1. The lowest BCUT2D eigenvalue weighted by Crippen LogP contribution is -2.24. The van der Waals surface area contributed by atoms with Crippen LogP contribution in [0.3, 0.4) is 0 Å². The molecule has 1 atom stereocenters. The van der Waals surface area contributed by atoms with Gasteiger partial charge in [-0.05, 0) is 31.5 Å². The number of rotatable bonds is 6. The third kappa shape index (κ3) is 4.87. The van der Waals surface area contributed by atoms with E-state index in [1.807, 2.05) is 25.1 Å². The van der Waals surface area contributed by atoms with Crippen LogP contribution in [0.25, 0.3) is 0 Å². The lowest BCUT2D eigenvalue weighted by Gasteiger charge is -2.09. The average molecular weight is 237 g/mol. The topological polar surface area (TPSA) is 58.6 Å². The van der Waals surface area contributed by atoms with Gasteiger partial charge in [0, 0.05) is 6.54 Å². The zero-order valence-corrected chi connectivity index (χ0v) is 10.3. The van der Waals surface area contributed by atoms with Crippen molar-refractivity contribution < 1.29 is 14.6 Å². The monoisotopic (exact) mass is 237 g/mol. The number of amides is 1. The first kappa shape index (κ1) is 13.5. The fourth-order valence-corrected chi connectivity index (χ4v) is 1.41. The predicted octanol–water partition coefficient (Wildman–Crippen LogP) is 1.64. The van der Waals surface area contributed by atoms with Gasteiger partial charge in [0.15, 0.2) is 0 Å². The smallest absolute Gasteiger partial charge is 0.223 e. The second-order valence-corrected chi connectivity index (χ2v) is 3.80. The van der Waals surface area contributed by atoms with Crippen LogP contribution in [0.2, 0.25) is 0 Å². The Hall–Kier alpha value is -1.55. The van der Waals surface area contributed by atoms with E-state index in [4.69, 9.17) is 4.74 Å². The second kappa shape index (κ2) is 6.91. The van der Waals surface area contributed by atoms with Crippen molar-refractivity contribution in [2.24, 2.45) is 0 Å². The van der Waals surface area contributed by atoms with Gasteiger partial charge in [-0.3, -0.25) is 4.79 Å². The van der Waals surface area contributed by atoms with Crippen molar-refractivity contribution in [3.05, 3.63) is 29.8 Å². The Morgan fingerprint density at radius 2 is 2.29 bits per heavy atom. The summed E-state index contributed by atoms with van der Waals surface area (Å²) in [5.74, 6) is 0.659. The third-order valence-electron chi connectivity index (χ3n) is 2.31. The molecule has 0 saturated carbocycles. The van der Waals surface area contributed by atoms with Crippen molar-refractivity contribution in [3.63, 3.8) is 0 Å². The molecule has 0 unspecified atom stereocenters. The van der Waals surface area contributed by atoms with Crippen LogP contribution in [0.15, 0.2) is 24.3 Å². The number of ether oxygens (including phenoxy) is 1. The number of benzene rings is 1. The first-order valence-electron chi connectivity index (χ1n) is 5.81. The van der Waals surface area contributed by atoms with Gasteiger partial charge in [-0.15, -0.1) is 0 Å². The Kier molecular flexibility index (Phi) is 5.49. The van der Waals surface area contributed by atoms with E-state index in [0.717, 1.165) is 5.56 Å². The van der Waals surface area contributed by atoms with Gasteiger partial charge in [-0.2, -0.15) is 0 Å². The van der Waals surface area contributed by atoms with Gasteiger partial charge in [0.05, 0.1) is 19.1 Å². The molecule has 0 radical (unpaired) electrons. The first-order chi connectivity index (χ1) is 8.13. The molecule has 0 aliphatic carbocycles. The molecule has 0 fully saturated rings. The van der Waals surface area contributed by atoms with Crippen LogP contribution < -0.4 is 10.1 Å². The number of nitrogens with one attached hydrogen (secondary N) is 1. The minimum Gasteiger partial charge on any atom is -0.493 e. The van der Waals surface area contributed by atoms with Crippen LogP contribution in [0.5, 0.6) is 5.75 Å². The summed E-state index contributed by atoms with van der Waals surface area (Å²) in [5, 5.41) is 12.1. The largest absolute Gasteiger partial charge is 0.493 e. The fraction of sp³-hybridized carbons (Fsp3) is 0.462. The summed E-state index contributed by atoms with van der Waals surface area (Å²) in [6.07, 6.45) is -0.172. The molecule has 0 saturated heterocycles. The number of carbonyl (C=O) groups is 1. The molecule has 1 rings (SSSR count). The van der Waals surface area contributed by atoms with Crippen LogP contribution in [-0.4, -0.2) is 24.2 Å². The minimum absolute atomic E-state index is 0.0146. The van der Waals surface area contributed by atoms with Crippen molar-refractivity contribution in [1.82, 2.24) is 5.32 Å². The van der Waals surface area contributed by atoms with E-state index in [1.165, 1.54) is 0 Å². The van der Waals surface area contributed by atoms with E-state index in [9.17, 15) is 9.90 Å². The van der Waals surface area contributed by atoms with Gasteiger partial charge in [0.1, 0.15) is 5.75 Å². The standard InChI is InChI=1S/C13H19NO3/c1-3-14-13(16)7-8-17-12-6-4-5-11(9-12)10(2)15/h4-6,9-10,15H,3,7-8H2,1-2H3,(H,14,16)/t10-/m1/s1. The molecule has 4 nitrogen and oxygen atoms in total. The summed E-state index contributed by atoms with van der Waals surface area (Å²) in [6.45, 7) is 4.56. The van der Waals surface area contributed by atoms with E-state index >= 15 is 0 Å². The predicted molar refractivity (Wildman–Crippen MR) is 65.9 cm³/mol. The number of aliphatic hydroxyl groups excluding tert-OH is 1. The summed E-state index contributed by atoms with van der Waals surface area (Å²) >= 11 is 0. The van der Waals surface area contributed by atoms with Gasteiger partial charge >= 0.3 is 0 Å². The van der Waals surface area contributed by atoms with E-state index in [0.29, 0.717) is 25.3 Å². The van der Waals surface area contributed by atoms with E-state index in [2.05, 4.69) is 5.32 Å². The van der Waals surface area contributed by atoms with E-state index in [-0.39, 0.29) is 5.91 Å². The SMILES string of the molecule is CCNC(=O)CCOc1cccc([C@@H](C)O)c1. The zero-order chi connectivity index (χ0) is 12.7. The van der Waals surface area contributed by atoms with Crippen molar-refractivity contribution in [2.75, 3.05) is 13.2 Å². The average Bonchev–Trinajstić information content (AvgIpc) is 2.30. The molecule has 0 aromatic heterocycles. The minimum atomic E-state index is -0.512. The maximum Gasteiger partial charge on any atom is 0.223 e. The normalized spacial score (nSPS) is 11.9. The van der Waals surface area contributed by atoms with Gasteiger partial charge in [-0.25, -0.2) is 0 Å². The van der Waals surface area contributed by atoms with Crippen molar-refractivity contribution in [3.8, 4) is 5.75 Å². The Morgan fingerprint density at radius 1 is 1.53 bits per heavy atom. The Balaban J connectivity index is 2.41. The van der Waals surface area contributed by atoms with Crippen molar-refractivity contribution >= 4 is 5.91 Å². The van der Waals surface area contributed by atoms with Crippen LogP contribution >= 0.6 is 0 Å². The molecule has 4 heteroatoms. The van der Waals surface area contributed by atoms with Crippen LogP contribution in [-0.2, 0) is 4.79 Å². The molecule has 17 heavy (non-hydrogen) atoms. The lowest BCUT2D eigenvalue weighted by molar-refractivity contribution is -0.121. The van der Waals surface area contributed by atoms with Crippen LogP contribution in [0.1, 0.15) is 31.9 Å². The highest BCUT2D eigenvalue weighted by atomic mass is 16.5. The summed E-state index contributed by atoms with van der Waals surface area (Å²) in [4.78, 5) is 11.2. The Morgan fingerprint density at radius 3 is 2.94 bits per heavy atom. The number of carbonyl (C=O) groups excluding carboxylic acids is 1. The Labute approximate surface area is 102 Å². The lowest BCUT2D eigenvalue weighted by atomic mass is 10.1. The molecule has 0 aliphatic rings. The van der Waals surface area contributed by atoms with Crippen molar-refractivity contribution in [1.29, 1.82) is 0 Å². The van der Waals surface area contributed by atoms with Gasteiger partial charge in [0.25, 0.3) is 0 Å². The third-order valence-corrected chi connectivity index (χ3v) is 2.31. The fourth-order valence-electron chi connectivity index (χ4n) is 1.41. The highest BCUT2D eigenvalue weighted by Gasteiger charge is 2.03. The molecular formula is C13H19NO3. The number of hydrogen-bond donors (Lipinski definition) is 2. The highest BCUT2D eigenvalue weighted by molar-refractivity contribution is 5.75. The highest BCUT2D eigenvalue weighted by Crippen LogP contribution is 2.18. The van der Waals surface area contributed by atoms with Gasteiger partial charge < -0.3 is 15.2 Å². The van der Waals surface area contributed by atoms with Gasteiger partial charge in [0.2, 0.25) is 5.91 Å². The molecule has 1 amide bonds. The Bertz CT molecular complexity index is 363. The van der Waals surface area contributed by atoms with E-state index in [1.54, 1.807) is 13.0 Å². The summed E-state index contributed by atoms with van der Waals surface area (Å²) in [6, 6.07) is 7.25. The number of hydrogen-bond acceptors (Lipinski definition) is 3. The van der Waals surface area contributed by atoms with E-state index < -0.39 is 6.10 Å². The maximum absolute atomic E-state index is 11.2. The van der Waals surface area contributed by atoms with Crippen LogP contribution in [0, 0.1) is 0 Å². The van der Waals surface area contributed by atoms with Crippen molar-refractivity contribution in [2.45, 2.75) is 26.4 Å². The van der Waals surface area contributed by atoms with Gasteiger partial charge in [-0.1, -0.05) is 12.1 Å². The second-order valence-electron chi connectivity index (χ2n) is 3.80. The summed E-state index contributed by atoms with van der Waals surface area (Å²) in [5.41, 5.74) is 0.806. The molecule has 1 aromatic rings. The summed E-state index contributed by atoms with van der Waals surface area (Å²) in [7, 11) is 0. The first-order valence-corrected chi connectivity index (χ1v) is 5.81. The quantitative estimate of drug-likeness (QED) is 0.791. The van der Waals surface area contributed by atoms with Crippen LogP contribution in [0.4, 0.5) is 0 Å². The maximum atomic E-state index is 11.2. The molecule has 1 aromatic carbocycles.